The van der Waals surface area contributed by atoms with E-state index in [1.165, 1.54) is 12.3 Å². The summed E-state index contributed by atoms with van der Waals surface area (Å²) in [5.41, 5.74) is 4.14. The summed E-state index contributed by atoms with van der Waals surface area (Å²) in [5, 5.41) is 5.61. The van der Waals surface area contributed by atoms with Gasteiger partial charge in [0.05, 0.1) is 12.2 Å². The van der Waals surface area contributed by atoms with E-state index >= 15 is 0 Å². The Morgan fingerprint density at radius 1 is 0.889 bits per heavy atom. The van der Waals surface area contributed by atoms with Crippen LogP contribution in [0.4, 0.5) is 5.69 Å². The number of aryl methyl sites for hydroxylation is 2. The minimum atomic E-state index is -0.360. The molecule has 3 aromatic rings. The van der Waals surface area contributed by atoms with E-state index < -0.39 is 0 Å². The van der Waals surface area contributed by atoms with Gasteiger partial charge in [-0.1, -0.05) is 12.1 Å². The number of rotatable bonds is 5. The van der Waals surface area contributed by atoms with E-state index in [9.17, 15) is 9.59 Å². The van der Waals surface area contributed by atoms with Crippen LogP contribution in [0.3, 0.4) is 0 Å². The van der Waals surface area contributed by atoms with E-state index in [1.807, 2.05) is 50.2 Å². The van der Waals surface area contributed by atoms with Crippen LogP contribution in [0.15, 0.2) is 60.9 Å². The molecule has 1 aromatic carbocycles. The maximum Gasteiger partial charge on any atom is 0.270 e. The van der Waals surface area contributed by atoms with Crippen molar-refractivity contribution < 1.29 is 9.59 Å². The number of nitrogens with zero attached hydrogens (tertiary/aromatic N) is 2. The van der Waals surface area contributed by atoms with E-state index in [4.69, 9.17) is 0 Å². The van der Waals surface area contributed by atoms with Gasteiger partial charge in [0.1, 0.15) is 5.69 Å². The van der Waals surface area contributed by atoms with Crippen molar-refractivity contribution in [3.05, 3.63) is 89.0 Å². The second kappa shape index (κ2) is 8.23. The van der Waals surface area contributed by atoms with Gasteiger partial charge in [-0.15, -0.1) is 0 Å². The number of amides is 2. The minimum Gasteiger partial charge on any atom is -0.345 e. The summed E-state index contributed by atoms with van der Waals surface area (Å²) in [4.78, 5) is 33.0. The zero-order valence-corrected chi connectivity index (χ0v) is 15.2. The van der Waals surface area contributed by atoms with Crippen LogP contribution in [0, 0.1) is 13.8 Å². The number of benzene rings is 1. The predicted molar refractivity (Wildman–Crippen MR) is 104 cm³/mol. The molecule has 0 aliphatic rings. The highest BCUT2D eigenvalue weighted by Gasteiger charge is 2.12. The number of aromatic nitrogens is 2. The van der Waals surface area contributed by atoms with Crippen molar-refractivity contribution in [3.8, 4) is 0 Å². The van der Waals surface area contributed by atoms with Crippen LogP contribution < -0.4 is 10.6 Å². The zero-order valence-electron chi connectivity index (χ0n) is 15.2. The Kier molecular flexibility index (Phi) is 5.56. The topological polar surface area (TPSA) is 84.0 Å². The molecule has 0 saturated heterocycles. The first kappa shape index (κ1) is 18.3. The summed E-state index contributed by atoms with van der Waals surface area (Å²) in [6, 6.07) is 14.4. The Balaban J connectivity index is 1.68. The first-order valence-corrected chi connectivity index (χ1v) is 8.55. The summed E-state index contributed by atoms with van der Waals surface area (Å²) < 4.78 is 0. The Labute approximate surface area is 157 Å². The lowest BCUT2D eigenvalue weighted by atomic mass is 10.1. The fourth-order valence-electron chi connectivity index (χ4n) is 2.71. The molecule has 2 heterocycles. The maximum absolute atomic E-state index is 12.5. The summed E-state index contributed by atoms with van der Waals surface area (Å²) in [5.74, 6) is -0.650. The minimum absolute atomic E-state index is 0.180. The van der Waals surface area contributed by atoms with Crippen molar-refractivity contribution >= 4 is 17.5 Å². The third kappa shape index (κ3) is 4.98. The molecule has 2 amide bonds. The quantitative estimate of drug-likeness (QED) is 0.731. The number of hydrogen-bond acceptors (Lipinski definition) is 4. The molecule has 0 atom stereocenters. The molecule has 0 saturated carbocycles. The molecule has 6 heteroatoms. The van der Waals surface area contributed by atoms with Gasteiger partial charge in [0.15, 0.2) is 0 Å². The van der Waals surface area contributed by atoms with Crippen molar-refractivity contribution in [2.24, 2.45) is 0 Å². The molecule has 0 spiro atoms. The third-order valence-electron chi connectivity index (χ3n) is 3.89. The lowest BCUT2D eigenvalue weighted by Gasteiger charge is -2.09. The number of carbonyl (C=O) groups excluding carboxylic acids is 2. The van der Waals surface area contributed by atoms with Gasteiger partial charge in [-0.05, 0) is 61.4 Å². The Bertz CT molecular complexity index is 951. The lowest BCUT2D eigenvalue weighted by Crippen LogP contribution is -2.25. The van der Waals surface area contributed by atoms with E-state index in [1.54, 1.807) is 12.3 Å². The highest BCUT2D eigenvalue weighted by Crippen LogP contribution is 2.15. The molecule has 0 aliphatic carbocycles. The fraction of sp³-hybridized carbons (Fsp3) is 0.143. The highest BCUT2D eigenvalue weighted by atomic mass is 16.2. The third-order valence-corrected chi connectivity index (χ3v) is 3.89. The molecule has 0 radical (unpaired) electrons. The van der Waals surface area contributed by atoms with Crippen LogP contribution >= 0.6 is 0 Å². The average molecular weight is 360 g/mol. The Morgan fingerprint density at radius 2 is 1.67 bits per heavy atom. The Hall–Kier alpha value is -3.54. The van der Waals surface area contributed by atoms with Crippen LogP contribution in [-0.2, 0) is 6.54 Å². The van der Waals surface area contributed by atoms with Gasteiger partial charge in [-0.25, -0.2) is 0 Å². The van der Waals surface area contributed by atoms with Gasteiger partial charge in [-0.2, -0.15) is 0 Å². The molecular formula is C21H20N4O2. The van der Waals surface area contributed by atoms with Gasteiger partial charge in [-0.3, -0.25) is 19.6 Å². The van der Waals surface area contributed by atoms with Crippen molar-refractivity contribution in [2.75, 3.05) is 5.32 Å². The summed E-state index contributed by atoms with van der Waals surface area (Å²) >= 11 is 0. The number of anilines is 1. The fourth-order valence-corrected chi connectivity index (χ4v) is 2.71. The first-order chi connectivity index (χ1) is 13.0. The number of hydrogen-bond donors (Lipinski definition) is 2. The molecule has 27 heavy (non-hydrogen) atoms. The molecule has 0 unspecified atom stereocenters. The molecule has 0 bridgehead atoms. The van der Waals surface area contributed by atoms with Crippen LogP contribution in [0.25, 0.3) is 0 Å². The van der Waals surface area contributed by atoms with Crippen molar-refractivity contribution in [2.45, 2.75) is 20.4 Å². The molecule has 136 valence electrons. The van der Waals surface area contributed by atoms with E-state index in [0.29, 0.717) is 12.1 Å². The summed E-state index contributed by atoms with van der Waals surface area (Å²) in [7, 11) is 0. The monoisotopic (exact) mass is 360 g/mol. The van der Waals surface area contributed by atoms with Gasteiger partial charge in [0, 0.05) is 23.6 Å². The van der Waals surface area contributed by atoms with Crippen LogP contribution in [0.5, 0.6) is 0 Å². The molecule has 0 fully saturated rings. The van der Waals surface area contributed by atoms with E-state index in [0.717, 1.165) is 22.5 Å². The molecule has 3 rings (SSSR count). The van der Waals surface area contributed by atoms with E-state index in [2.05, 4.69) is 20.6 Å². The van der Waals surface area contributed by atoms with Gasteiger partial charge >= 0.3 is 0 Å². The predicted octanol–water partition coefficient (Wildman–Crippen LogP) is 3.28. The van der Waals surface area contributed by atoms with Gasteiger partial charge in [0.2, 0.25) is 0 Å². The van der Waals surface area contributed by atoms with E-state index in [-0.39, 0.29) is 17.5 Å². The average Bonchev–Trinajstić information content (AvgIpc) is 2.66. The molecular weight excluding hydrogens is 340 g/mol. The zero-order chi connectivity index (χ0) is 19.2. The molecule has 6 nitrogen and oxygen atoms in total. The smallest absolute Gasteiger partial charge is 0.270 e. The van der Waals surface area contributed by atoms with Crippen molar-refractivity contribution in [3.63, 3.8) is 0 Å². The van der Waals surface area contributed by atoms with Crippen molar-refractivity contribution in [1.29, 1.82) is 0 Å². The number of carbonyl (C=O) groups is 2. The van der Waals surface area contributed by atoms with Gasteiger partial charge in [0.25, 0.3) is 11.8 Å². The van der Waals surface area contributed by atoms with Crippen molar-refractivity contribution in [1.82, 2.24) is 15.3 Å². The highest BCUT2D eigenvalue weighted by molar-refractivity contribution is 6.05. The largest absolute Gasteiger partial charge is 0.345 e. The lowest BCUT2D eigenvalue weighted by molar-refractivity contribution is 0.0945. The number of nitrogens with one attached hydrogen (secondary N) is 2. The maximum atomic E-state index is 12.5. The molecule has 2 aromatic heterocycles. The SMILES string of the molecule is Cc1cc(C)cc(NC(=O)c2ccnc(C(=O)NCc3ccccn3)c2)c1. The van der Waals surface area contributed by atoms with Crippen LogP contribution in [0.1, 0.15) is 37.7 Å². The normalized spacial score (nSPS) is 10.3. The second-order valence-corrected chi connectivity index (χ2v) is 6.26. The van der Waals surface area contributed by atoms with Gasteiger partial charge < -0.3 is 10.6 Å². The molecule has 2 N–H and O–H groups in total. The van der Waals surface area contributed by atoms with Crippen LogP contribution in [0.2, 0.25) is 0 Å². The second-order valence-electron chi connectivity index (χ2n) is 6.26. The van der Waals surface area contributed by atoms with Crippen LogP contribution in [-0.4, -0.2) is 21.8 Å². The first-order valence-electron chi connectivity index (χ1n) is 8.55. The summed E-state index contributed by atoms with van der Waals surface area (Å²) in [6.07, 6.45) is 3.11. The Morgan fingerprint density at radius 3 is 2.37 bits per heavy atom. The molecule has 0 aliphatic heterocycles. The summed E-state index contributed by atoms with van der Waals surface area (Å²) in [6.45, 7) is 4.23. The number of pyridine rings is 2. The standard InChI is InChI=1S/C21H20N4O2/c1-14-9-15(2)11-18(10-14)25-20(26)16-6-8-23-19(12-16)21(27)24-13-17-5-3-4-7-22-17/h3-12H,13H2,1-2H3,(H,24,27)(H,25,26).